The van der Waals surface area contributed by atoms with E-state index in [1.807, 2.05) is 46.0 Å². The van der Waals surface area contributed by atoms with Gasteiger partial charge in [0.05, 0.1) is 5.69 Å². The molecule has 1 aromatic rings. The van der Waals surface area contributed by atoms with Gasteiger partial charge in [-0.15, -0.1) is 0 Å². The number of nitrogens with one attached hydrogen (secondary N) is 1. The molecule has 1 rings (SSSR count). The van der Waals surface area contributed by atoms with Crippen LogP contribution in [0.3, 0.4) is 0 Å². The van der Waals surface area contributed by atoms with Crippen LogP contribution in [0.15, 0.2) is 24.4 Å². The second-order valence-electron chi connectivity index (χ2n) is 6.01. The Hall–Kier alpha value is -1.66. The van der Waals surface area contributed by atoms with E-state index in [1.54, 1.807) is 6.20 Å². The first-order chi connectivity index (χ1) is 9.81. The van der Waals surface area contributed by atoms with E-state index in [-0.39, 0.29) is 6.04 Å². The van der Waals surface area contributed by atoms with E-state index in [0.717, 1.165) is 5.69 Å². The third kappa shape index (κ3) is 7.06. The number of ether oxygens (including phenoxy) is 1. The quantitative estimate of drug-likeness (QED) is 0.828. The number of aromatic nitrogens is 1. The molecule has 0 radical (unpaired) electrons. The van der Waals surface area contributed by atoms with Crippen LogP contribution in [0.2, 0.25) is 0 Å². The summed E-state index contributed by atoms with van der Waals surface area (Å²) in [5, 5.41) is 2.75. The molecule has 1 amide bonds. The van der Waals surface area contributed by atoms with Crippen molar-refractivity contribution in [3.05, 3.63) is 30.1 Å². The highest BCUT2D eigenvalue weighted by atomic mass is 16.6. The third-order valence-electron chi connectivity index (χ3n) is 2.91. The number of nitrogens with zero attached hydrogens (tertiary/aromatic N) is 2. The number of carbonyl (C=O) groups is 1. The van der Waals surface area contributed by atoms with Crippen LogP contribution in [0.25, 0.3) is 0 Å². The molecule has 1 atom stereocenters. The predicted molar refractivity (Wildman–Crippen MR) is 82.8 cm³/mol. The molecule has 6 heteroatoms. The topological polar surface area (TPSA) is 80.5 Å². The molecule has 1 aromatic heterocycles. The van der Waals surface area contributed by atoms with Crippen molar-refractivity contribution in [2.24, 2.45) is 5.73 Å². The van der Waals surface area contributed by atoms with Gasteiger partial charge in [0.15, 0.2) is 0 Å². The van der Waals surface area contributed by atoms with E-state index in [4.69, 9.17) is 10.5 Å². The average Bonchev–Trinajstić information content (AvgIpc) is 2.38. The minimum Gasteiger partial charge on any atom is -0.444 e. The van der Waals surface area contributed by atoms with Gasteiger partial charge in [-0.1, -0.05) is 6.07 Å². The standard InChI is InChI=1S/C15H26N4O2/c1-15(2,3)21-14(20)18-10-13(9-16)19(4)11-12-7-5-6-8-17-12/h5-8,13H,9-11,16H2,1-4H3,(H,18,20). The number of nitrogens with two attached hydrogens (primary N) is 1. The number of hydrogen-bond donors (Lipinski definition) is 2. The molecule has 3 N–H and O–H groups in total. The Bertz CT molecular complexity index is 431. The Morgan fingerprint density at radius 3 is 2.71 bits per heavy atom. The second kappa shape index (κ2) is 7.95. The molecule has 0 aromatic carbocycles. The summed E-state index contributed by atoms with van der Waals surface area (Å²) in [7, 11) is 1.96. The molecule has 0 aliphatic rings. The lowest BCUT2D eigenvalue weighted by Crippen LogP contribution is -2.47. The highest BCUT2D eigenvalue weighted by molar-refractivity contribution is 5.67. The highest BCUT2D eigenvalue weighted by Gasteiger charge is 2.19. The number of amides is 1. The van der Waals surface area contributed by atoms with Crippen molar-refractivity contribution in [3.63, 3.8) is 0 Å². The van der Waals surface area contributed by atoms with Gasteiger partial charge in [0.25, 0.3) is 0 Å². The van der Waals surface area contributed by atoms with E-state index in [0.29, 0.717) is 19.6 Å². The maximum absolute atomic E-state index is 11.7. The van der Waals surface area contributed by atoms with Crippen molar-refractivity contribution in [3.8, 4) is 0 Å². The summed E-state index contributed by atoms with van der Waals surface area (Å²) in [5.41, 5.74) is 6.26. The minimum absolute atomic E-state index is 0.0273. The predicted octanol–water partition coefficient (Wildman–Crippen LogP) is 1.37. The molecular formula is C15H26N4O2. The summed E-state index contributed by atoms with van der Waals surface area (Å²) >= 11 is 0. The monoisotopic (exact) mass is 294 g/mol. The van der Waals surface area contributed by atoms with Crippen LogP contribution in [0.1, 0.15) is 26.5 Å². The van der Waals surface area contributed by atoms with Gasteiger partial charge in [0, 0.05) is 31.9 Å². The minimum atomic E-state index is -0.498. The summed E-state index contributed by atoms with van der Waals surface area (Å²) in [6, 6.07) is 5.82. The van der Waals surface area contributed by atoms with Crippen molar-refractivity contribution >= 4 is 6.09 Å². The smallest absolute Gasteiger partial charge is 0.407 e. The van der Waals surface area contributed by atoms with Crippen molar-refractivity contribution in [1.82, 2.24) is 15.2 Å². The van der Waals surface area contributed by atoms with Gasteiger partial charge in [-0.05, 0) is 40.0 Å². The van der Waals surface area contributed by atoms with Gasteiger partial charge in [-0.3, -0.25) is 9.88 Å². The normalized spacial score (nSPS) is 13.0. The van der Waals surface area contributed by atoms with Crippen LogP contribution in [-0.2, 0) is 11.3 Å². The fraction of sp³-hybridized carbons (Fsp3) is 0.600. The molecule has 0 saturated carbocycles. The van der Waals surface area contributed by atoms with Crippen LogP contribution >= 0.6 is 0 Å². The SMILES string of the molecule is CN(Cc1ccccn1)C(CN)CNC(=O)OC(C)(C)C. The summed E-state index contributed by atoms with van der Waals surface area (Å²) in [5.74, 6) is 0. The lowest BCUT2D eigenvalue weighted by atomic mass is 10.2. The number of likely N-dealkylation sites (N-methyl/N-ethyl adjacent to an activating group) is 1. The molecule has 1 unspecified atom stereocenters. The summed E-state index contributed by atoms with van der Waals surface area (Å²) in [6.45, 7) is 7.06. The molecule has 0 fully saturated rings. The summed E-state index contributed by atoms with van der Waals surface area (Å²) in [6.07, 6.45) is 1.34. The second-order valence-corrected chi connectivity index (χ2v) is 6.01. The fourth-order valence-electron chi connectivity index (χ4n) is 1.81. The highest BCUT2D eigenvalue weighted by Crippen LogP contribution is 2.07. The Labute approximate surface area is 126 Å². The maximum atomic E-state index is 11.7. The van der Waals surface area contributed by atoms with E-state index in [2.05, 4.69) is 15.2 Å². The Morgan fingerprint density at radius 1 is 1.48 bits per heavy atom. The number of pyridine rings is 1. The zero-order valence-corrected chi connectivity index (χ0v) is 13.3. The molecule has 6 nitrogen and oxygen atoms in total. The van der Waals surface area contributed by atoms with Gasteiger partial charge in [-0.25, -0.2) is 4.79 Å². The maximum Gasteiger partial charge on any atom is 0.407 e. The van der Waals surface area contributed by atoms with Crippen LogP contribution in [0.5, 0.6) is 0 Å². The molecule has 0 spiro atoms. The van der Waals surface area contributed by atoms with Gasteiger partial charge in [0.2, 0.25) is 0 Å². The first kappa shape index (κ1) is 17.4. The van der Waals surface area contributed by atoms with E-state index in [9.17, 15) is 4.79 Å². The van der Waals surface area contributed by atoms with Crippen LogP contribution in [-0.4, -0.2) is 47.8 Å². The van der Waals surface area contributed by atoms with Gasteiger partial charge in [-0.2, -0.15) is 0 Å². The van der Waals surface area contributed by atoms with Crippen molar-refractivity contribution in [1.29, 1.82) is 0 Å². The number of carbonyl (C=O) groups excluding carboxylic acids is 1. The largest absolute Gasteiger partial charge is 0.444 e. The first-order valence-electron chi connectivity index (χ1n) is 7.09. The lowest BCUT2D eigenvalue weighted by molar-refractivity contribution is 0.0511. The van der Waals surface area contributed by atoms with Crippen LogP contribution < -0.4 is 11.1 Å². The van der Waals surface area contributed by atoms with Crippen molar-refractivity contribution in [2.45, 2.75) is 39.0 Å². The Kier molecular flexibility index (Phi) is 6.58. The molecule has 0 aliphatic carbocycles. The van der Waals surface area contributed by atoms with E-state index >= 15 is 0 Å². The van der Waals surface area contributed by atoms with Crippen molar-refractivity contribution in [2.75, 3.05) is 20.1 Å². The van der Waals surface area contributed by atoms with E-state index in [1.165, 1.54) is 0 Å². The summed E-state index contributed by atoms with van der Waals surface area (Å²) in [4.78, 5) is 18.0. The zero-order chi connectivity index (χ0) is 15.9. The number of hydrogen-bond acceptors (Lipinski definition) is 5. The molecule has 118 valence electrons. The lowest BCUT2D eigenvalue weighted by Gasteiger charge is -2.27. The van der Waals surface area contributed by atoms with Gasteiger partial charge < -0.3 is 15.8 Å². The average molecular weight is 294 g/mol. The van der Waals surface area contributed by atoms with Gasteiger partial charge >= 0.3 is 6.09 Å². The third-order valence-corrected chi connectivity index (χ3v) is 2.91. The molecule has 0 aliphatic heterocycles. The van der Waals surface area contributed by atoms with Crippen molar-refractivity contribution < 1.29 is 9.53 Å². The van der Waals surface area contributed by atoms with Crippen LogP contribution in [0.4, 0.5) is 4.79 Å². The number of alkyl carbamates (subject to hydrolysis) is 1. The molecule has 0 bridgehead atoms. The summed E-state index contributed by atoms with van der Waals surface area (Å²) < 4.78 is 5.21. The molecule has 21 heavy (non-hydrogen) atoms. The zero-order valence-electron chi connectivity index (χ0n) is 13.3. The molecule has 0 saturated heterocycles. The molecular weight excluding hydrogens is 268 g/mol. The first-order valence-corrected chi connectivity index (χ1v) is 7.09. The van der Waals surface area contributed by atoms with Gasteiger partial charge in [0.1, 0.15) is 5.60 Å². The van der Waals surface area contributed by atoms with E-state index < -0.39 is 11.7 Å². The fourth-order valence-corrected chi connectivity index (χ4v) is 1.81. The van der Waals surface area contributed by atoms with Crippen LogP contribution in [0, 0.1) is 0 Å². The molecule has 1 heterocycles. The Balaban J connectivity index is 2.45. The Morgan fingerprint density at radius 2 is 2.19 bits per heavy atom. The number of rotatable bonds is 6.